The van der Waals surface area contributed by atoms with Crippen LogP contribution < -0.4 is 29.6 Å². The van der Waals surface area contributed by atoms with Crippen LogP contribution in [0.1, 0.15) is 34.0 Å². The fourth-order valence-electron chi connectivity index (χ4n) is 0.798. The molecule has 0 rings (SSSR count). The summed E-state index contributed by atoms with van der Waals surface area (Å²) >= 11 is 0. The number of unbranched alkanes of at least 4 members (excludes halogenated alkanes) is 3. The molecule has 2 heteroatoms. The maximum absolute atomic E-state index is 5.21. The third kappa shape index (κ3) is 13.7. The summed E-state index contributed by atoms with van der Waals surface area (Å²) in [6.07, 6.45) is 6.91. The summed E-state index contributed by atoms with van der Waals surface area (Å²) in [4.78, 5) is 0. The largest absolute Gasteiger partial charge is 1.00 e. The van der Waals surface area contributed by atoms with E-state index in [1.807, 2.05) is 0 Å². The van der Waals surface area contributed by atoms with Crippen LogP contribution >= 0.6 is 0 Å². The van der Waals surface area contributed by atoms with Crippen LogP contribution in [0.3, 0.4) is 0 Å². The summed E-state index contributed by atoms with van der Waals surface area (Å²) < 4.78 is 5.21. The van der Waals surface area contributed by atoms with E-state index < -0.39 is 0 Å². The molecule has 0 aromatic rings. The van der Waals surface area contributed by atoms with Gasteiger partial charge in [0.05, 0.1) is 6.61 Å². The summed E-state index contributed by atoms with van der Waals surface area (Å²) in [6, 6.07) is 0. The van der Waals surface area contributed by atoms with Gasteiger partial charge in [-0.05, 0) is 6.42 Å². The molecule has 1 nitrogen and oxygen atoms in total. The minimum Gasteiger partial charge on any atom is -1.00 e. The van der Waals surface area contributed by atoms with Gasteiger partial charge >= 0.3 is 29.6 Å². The molecule has 0 aliphatic heterocycles. The normalized spacial score (nSPS) is 8.82. The molecule has 0 aliphatic rings. The molecular formula is C9H19NaO. The number of ether oxygens (including phenoxy) is 1. The van der Waals surface area contributed by atoms with Crippen LogP contribution in [0.25, 0.3) is 0 Å². The number of hydrogen-bond donors (Lipinski definition) is 0. The Balaban J connectivity index is -0.000000405. The Hall–Kier alpha value is 0.700. The summed E-state index contributed by atoms with van der Waals surface area (Å²) in [5, 5.41) is 0. The SMILES string of the molecule is C=CCOCCCCCC.[H-].[Na+]. The molecule has 0 radical (unpaired) electrons. The summed E-state index contributed by atoms with van der Waals surface area (Å²) in [7, 11) is 0. The third-order valence-electron chi connectivity index (χ3n) is 1.38. The predicted molar refractivity (Wildman–Crippen MR) is 46.3 cm³/mol. The second-order valence-corrected chi connectivity index (χ2v) is 2.42. The van der Waals surface area contributed by atoms with Gasteiger partial charge in [-0.1, -0.05) is 32.3 Å². The molecule has 62 valence electrons. The average Bonchev–Trinajstić information content (AvgIpc) is 1.97. The van der Waals surface area contributed by atoms with E-state index in [2.05, 4.69) is 13.5 Å². The van der Waals surface area contributed by atoms with Crippen LogP contribution in [0.15, 0.2) is 12.7 Å². The van der Waals surface area contributed by atoms with Gasteiger partial charge in [0.15, 0.2) is 0 Å². The van der Waals surface area contributed by atoms with Crippen LogP contribution in [0.2, 0.25) is 0 Å². The van der Waals surface area contributed by atoms with Crippen molar-refractivity contribution in [3.05, 3.63) is 12.7 Å². The Morgan fingerprint density at radius 2 is 2.09 bits per heavy atom. The van der Waals surface area contributed by atoms with E-state index in [-0.39, 0.29) is 31.0 Å². The van der Waals surface area contributed by atoms with Crippen molar-refractivity contribution >= 4 is 0 Å². The van der Waals surface area contributed by atoms with Crippen LogP contribution in [0, 0.1) is 0 Å². The molecule has 0 aromatic heterocycles. The second-order valence-electron chi connectivity index (χ2n) is 2.42. The monoisotopic (exact) mass is 166 g/mol. The van der Waals surface area contributed by atoms with E-state index in [9.17, 15) is 0 Å². The maximum Gasteiger partial charge on any atom is 1.00 e. The zero-order chi connectivity index (χ0) is 7.66. The molecule has 0 heterocycles. The Bertz CT molecular complexity index is 78.9. The van der Waals surface area contributed by atoms with Gasteiger partial charge < -0.3 is 6.16 Å². The van der Waals surface area contributed by atoms with Crippen LogP contribution in [-0.2, 0) is 4.74 Å². The first-order valence-electron chi connectivity index (χ1n) is 4.10. The van der Waals surface area contributed by atoms with Crippen molar-refractivity contribution in [2.45, 2.75) is 32.6 Å². The first-order chi connectivity index (χ1) is 4.91. The van der Waals surface area contributed by atoms with Crippen LogP contribution in [-0.4, -0.2) is 13.2 Å². The van der Waals surface area contributed by atoms with Gasteiger partial charge in [-0.3, -0.25) is 0 Å². The van der Waals surface area contributed by atoms with Gasteiger partial charge in [-0.25, -0.2) is 0 Å². The number of hydrogen-bond acceptors (Lipinski definition) is 1. The zero-order valence-electron chi connectivity index (χ0n) is 8.94. The van der Waals surface area contributed by atoms with Gasteiger partial charge in [-0.15, -0.1) is 6.58 Å². The van der Waals surface area contributed by atoms with Crippen molar-refractivity contribution in [2.75, 3.05) is 13.2 Å². The van der Waals surface area contributed by atoms with E-state index in [0.717, 1.165) is 6.61 Å². The minimum atomic E-state index is 0. The molecule has 0 saturated carbocycles. The first-order valence-corrected chi connectivity index (χ1v) is 4.10. The Labute approximate surface area is 94.0 Å². The van der Waals surface area contributed by atoms with Gasteiger partial charge in [0.1, 0.15) is 0 Å². The van der Waals surface area contributed by atoms with E-state index in [1.54, 1.807) is 6.08 Å². The van der Waals surface area contributed by atoms with Crippen molar-refractivity contribution in [1.29, 1.82) is 0 Å². The molecule has 0 N–H and O–H groups in total. The Kier molecular flexibility index (Phi) is 17.2. The second kappa shape index (κ2) is 13.3. The van der Waals surface area contributed by atoms with Crippen molar-refractivity contribution in [2.24, 2.45) is 0 Å². The third-order valence-corrected chi connectivity index (χ3v) is 1.38. The minimum absolute atomic E-state index is 0. The molecule has 0 atom stereocenters. The molecule has 11 heavy (non-hydrogen) atoms. The van der Waals surface area contributed by atoms with Gasteiger partial charge in [0.2, 0.25) is 0 Å². The molecule has 0 saturated heterocycles. The average molecular weight is 166 g/mol. The van der Waals surface area contributed by atoms with Crippen molar-refractivity contribution in [3.63, 3.8) is 0 Å². The van der Waals surface area contributed by atoms with Gasteiger partial charge in [0, 0.05) is 6.61 Å². The van der Waals surface area contributed by atoms with Crippen LogP contribution in [0.4, 0.5) is 0 Å². The Morgan fingerprint density at radius 1 is 1.36 bits per heavy atom. The molecule has 0 aromatic carbocycles. The summed E-state index contributed by atoms with van der Waals surface area (Å²) in [6.45, 7) is 7.38. The van der Waals surface area contributed by atoms with Crippen molar-refractivity contribution in [1.82, 2.24) is 0 Å². The summed E-state index contributed by atoms with van der Waals surface area (Å²) in [5.41, 5.74) is 0. The van der Waals surface area contributed by atoms with Crippen molar-refractivity contribution in [3.8, 4) is 0 Å². The smallest absolute Gasteiger partial charge is 1.00 e. The quantitative estimate of drug-likeness (QED) is 0.291. The zero-order valence-corrected chi connectivity index (χ0v) is 9.94. The first kappa shape index (κ1) is 14.2. The molecule has 0 bridgehead atoms. The van der Waals surface area contributed by atoms with Crippen molar-refractivity contribution < 1.29 is 35.7 Å². The molecular weight excluding hydrogens is 147 g/mol. The van der Waals surface area contributed by atoms with Gasteiger partial charge in [-0.2, -0.15) is 0 Å². The fraction of sp³-hybridized carbons (Fsp3) is 0.778. The summed E-state index contributed by atoms with van der Waals surface area (Å²) in [5.74, 6) is 0. The predicted octanol–water partition coefficient (Wildman–Crippen LogP) is -0.114. The van der Waals surface area contributed by atoms with Gasteiger partial charge in [0.25, 0.3) is 0 Å². The maximum atomic E-state index is 5.21. The molecule has 0 aliphatic carbocycles. The van der Waals surface area contributed by atoms with E-state index in [1.165, 1.54) is 25.7 Å². The number of rotatable bonds is 7. The van der Waals surface area contributed by atoms with E-state index in [0.29, 0.717) is 6.61 Å². The fourth-order valence-corrected chi connectivity index (χ4v) is 0.798. The molecule has 0 unspecified atom stereocenters. The standard InChI is InChI=1S/C9H18O.Na.H/c1-3-5-6-7-9-10-8-4-2;;/h4H,2-3,5-9H2,1H3;;/q;+1;-1. The topological polar surface area (TPSA) is 9.23 Å². The molecule has 0 fully saturated rings. The Morgan fingerprint density at radius 3 is 2.64 bits per heavy atom. The van der Waals surface area contributed by atoms with E-state index >= 15 is 0 Å². The molecule has 0 amide bonds. The van der Waals surface area contributed by atoms with E-state index in [4.69, 9.17) is 4.74 Å². The molecule has 0 spiro atoms. The van der Waals surface area contributed by atoms with Crippen LogP contribution in [0.5, 0.6) is 0 Å².